The second-order valence-electron chi connectivity index (χ2n) is 5.34. The molecule has 0 amide bonds. The van der Waals surface area contributed by atoms with Crippen molar-refractivity contribution in [3.8, 4) is 0 Å². The van der Waals surface area contributed by atoms with Gasteiger partial charge in [-0.3, -0.25) is 0 Å². The number of carboxylic acids is 1. The predicted octanol–water partition coefficient (Wildman–Crippen LogP) is 3.68. The van der Waals surface area contributed by atoms with Crippen LogP contribution in [0.2, 0.25) is 0 Å². The summed E-state index contributed by atoms with van der Waals surface area (Å²) in [6.07, 6.45) is 7.82. The summed E-state index contributed by atoms with van der Waals surface area (Å²) in [7, 11) is 0. The van der Waals surface area contributed by atoms with E-state index in [1.807, 2.05) is 6.07 Å². The molecule has 2 aromatic rings. The summed E-state index contributed by atoms with van der Waals surface area (Å²) in [5, 5.41) is 14.4. The van der Waals surface area contributed by atoms with E-state index in [9.17, 15) is 9.90 Å². The van der Waals surface area contributed by atoms with Crippen LogP contribution in [-0.2, 0) is 0 Å². The van der Waals surface area contributed by atoms with Crippen molar-refractivity contribution in [1.29, 1.82) is 0 Å². The number of anilines is 1. The Hall–Kier alpha value is -2.10. The molecule has 0 atom stereocenters. The molecule has 1 fully saturated rings. The second-order valence-corrected chi connectivity index (χ2v) is 5.34. The lowest BCUT2D eigenvalue weighted by Gasteiger charge is -2.24. The number of hydrogen-bond acceptors (Lipinski definition) is 3. The number of benzene rings is 1. The van der Waals surface area contributed by atoms with E-state index in [0.717, 1.165) is 29.4 Å². The monoisotopic (exact) mass is 270 g/mol. The highest BCUT2D eigenvalue weighted by Crippen LogP contribution is 2.27. The van der Waals surface area contributed by atoms with Crippen LogP contribution in [-0.4, -0.2) is 22.1 Å². The maximum Gasteiger partial charge on any atom is 0.336 e. The third-order valence-corrected chi connectivity index (χ3v) is 3.98. The van der Waals surface area contributed by atoms with Crippen molar-refractivity contribution in [3.63, 3.8) is 0 Å². The van der Waals surface area contributed by atoms with Gasteiger partial charge in [-0.05, 0) is 25.0 Å². The largest absolute Gasteiger partial charge is 0.478 e. The Morgan fingerprint density at radius 3 is 2.70 bits per heavy atom. The molecule has 0 bridgehead atoms. The van der Waals surface area contributed by atoms with Crippen molar-refractivity contribution in [1.82, 2.24) is 4.98 Å². The molecule has 104 valence electrons. The van der Waals surface area contributed by atoms with Crippen LogP contribution in [0.15, 0.2) is 30.5 Å². The normalized spacial score (nSPS) is 16.2. The SMILES string of the molecule is O=C(O)c1cccc2c(NC3CCCCC3)nccc12. The first-order chi connectivity index (χ1) is 9.75. The van der Waals surface area contributed by atoms with Gasteiger partial charge in [0, 0.05) is 23.0 Å². The molecule has 2 N–H and O–H groups in total. The Morgan fingerprint density at radius 2 is 1.95 bits per heavy atom. The highest BCUT2D eigenvalue weighted by atomic mass is 16.4. The number of nitrogens with one attached hydrogen (secondary N) is 1. The van der Waals surface area contributed by atoms with Crippen LogP contribution < -0.4 is 5.32 Å². The topological polar surface area (TPSA) is 62.2 Å². The fraction of sp³-hybridized carbons (Fsp3) is 0.375. The van der Waals surface area contributed by atoms with Gasteiger partial charge in [-0.25, -0.2) is 9.78 Å². The fourth-order valence-electron chi connectivity index (χ4n) is 2.95. The first-order valence-corrected chi connectivity index (χ1v) is 7.13. The smallest absolute Gasteiger partial charge is 0.336 e. The summed E-state index contributed by atoms with van der Waals surface area (Å²) in [6.45, 7) is 0. The Labute approximate surface area is 117 Å². The molecule has 1 aromatic heterocycles. The van der Waals surface area contributed by atoms with Gasteiger partial charge < -0.3 is 10.4 Å². The summed E-state index contributed by atoms with van der Waals surface area (Å²) in [6, 6.07) is 7.56. The van der Waals surface area contributed by atoms with E-state index in [1.54, 1.807) is 24.4 Å². The number of nitrogens with zero attached hydrogens (tertiary/aromatic N) is 1. The van der Waals surface area contributed by atoms with Crippen molar-refractivity contribution < 1.29 is 9.90 Å². The van der Waals surface area contributed by atoms with Gasteiger partial charge in [-0.2, -0.15) is 0 Å². The zero-order chi connectivity index (χ0) is 13.9. The number of aromatic nitrogens is 1. The van der Waals surface area contributed by atoms with Gasteiger partial charge in [0.15, 0.2) is 0 Å². The van der Waals surface area contributed by atoms with E-state index in [0.29, 0.717) is 11.6 Å². The van der Waals surface area contributed by atoms with E-state index in [2.05, 4.69) is 10.3 Å². The molecular formula is C16H18N2O2. The number of hydrogen-bond donors (Lipinski definition) is 2. The maximum atomic E-state index is 11.3. The molecule has 3 rings (SSSR count). The van der Waals surface area contributed by atoms with Gasteiger partial charge in [0.2, 0.25) is 0 Å². The van der Waals surface area contributed by atoms with Crippen LogP contribution in [0, 0.1) is 0 Å². The summed E-state index contributed by atoms with van der Waals surface area (Å²) >= 11 is 0. The number of fused-ring (bicyclic) bond motifs is 1. The lowest BCUT2D eigenvalue weighted by molar-refractivity contribution is 0.0699. The van der Waals surface area contributed by atoms with Crippen LogP contribution in [0.25, 0.3) is 10.8 Å². The average Bonchev–Trinajstić information content (AvgIpc) is 2.48. The number of pyridine rings is 1. The van der Waals surface area contributed by atoms with Crippen molar-refractivity contribution >= 4 is 22.6 Å². The van der Waals surface area contributed by atoms with Gasteiger partial charge in [0.1, 0.15) is 5.82 Å². The van der Waals surface area contributed by atoms with Gasteiger partial charge in [0.25, 0.3) is 0 Å². The molecule has 1 saturated carbocycles. The molecule has 20 heavy (non-hydrogen) atoms. The molecule has 1 heterocycles. The van der Waals surface area contributed by atoms with Crippen molar-refractivity contribution in [2.75, 3.05) is 5.32 Å². The zero-order valence-corrected chi connectivity index (χ0v) is 11.3. The first-order valence-electron chi connectivity index (χ1n) is 7.13. The number of rotatable bonds is 3. The van der Waals surface area contributed by atoms with Crippen LogP contribution in [0.3, 0.4) is 0 Å². The summed E-state index contributed by atoms with van der Waals surface area (Å²) in [4.78, 5) is 15.7. The second kappa shape index (κ2) is 5.49. The minimum Gasteiger partial charge on any atom is -0.478 e. The molecule has 1 aliphatic rings. The van der Waals surface area contributed by atoms with Crippen LogP contribution >= 0.6 is 0 Å². The quantitative estimate of drug-likeness (QED) is 0.893. The molecular weight excluding hydrogens is 252 g/mol. The molecule has 1 aliphatic carbocycles. The van der Waals surface area contributed by atoms with E-state index in [1.165, 1.54) is 19.3 Å². The van der Waals surface area contributed by atoms with Crippen molar-refractivity contribution in [3.05, 3.63) is 36.0 Å². The first kappa shape index (κ1) is 12.9. The molecule has 0 aliphatic heterocycles. The highest BCUT2D eigenvalue weighted by molar-refractivity contribution is 6.06. The van der Waals surface area contributed by atoms with Crippen LogP contribution in [0.1, 0.15) is 42.5 Å². The number of carbonyl (C=O) groups is 1. The lowest BCUT2D eigenvalue weighted by Crippen LogP contribution is -2.22. The summed E-state index contributed by atoms with van der Waals surface area (Å²) < 4.78 is 0. The maximum absolute atomic E-state index is 11.3. The van der Waals surface area contributed by atoms with Crippen LogP contribution in [0.5, 0.6) is 0 Å². The molecule has 0 saturated heterocycles. The Morgan fingerprint density at radius 1 is 1.15 bits per heavy atom. The van der Waals surface area contributed by atoms with E-state index < -0.39 is 5.97 Å². The molecule has 0 radical (unpaired) electrons. The molecule has 0 spiro atoms. The van der Waals surface area contributed by atoms with E-state index >= 15 is 0 Å². The Kier molecular flexibility index (Phi) is 3.54. The summed E-state index contributed by atoms with van der Waals surface area (Å²) in [5.74, 6) is -0.0945. The van der Waals surface area contributed by atoms with Gasteiger partial charge in [-0.1, -0.05) is 31.4 Å². The van der Waals surface area contributed by atoms with Crippen LogP contribution in [0.4, 0.5) is 5.82 Å². The predicted molar refractivity (Wildman–Crippen MR) is 79.2 cm³/mol. The minimum absolute atomic E-state index is 0.330. The van der Waals surface area contributed by atoms with Gasteiger partial charge in [0.05, 0.1) is 5.56 Å². The molecule has 4 nitrogen and oxygen atoms in total. The molecule has 0 unspecified atom stereocenters. The van der Waals surface area contributed by atoms with E-state index in [-0.39, 0.29) is 0 Å². The number of carboxylic acid groups (broad SMARTS) is 1. The van der Waals surface area contributed by atoms with E-state index in [4.69, 9.17) is 0 Å². The van der Waals surface area contributed by atoms with Gasteiger partial charge >= 0.3 is 5.97 Å². The third-order valence-electron chi connectivity index (χ3n) is 3.98. The van der Waals surface area contributed by atoms with Gasteiger partial charge in [-0.15, -0.1) is 0 Å². The third kappa shape index (κ3) is 2.46. The minimum atomic E-state index is -0.898. The molecule has 4 heteroatoms. The average molecular weight is 270 g/mol. The Bertz CT molecular complexity index is 633. The lowest BCUT2D eigenvalue weighted by atomic mass is 9.95. The standard InChI is InChI=1S/C16H18N2O2/c19-16(20)14-8-4-7-13-12(14)9-10-17-15(13)18-11-5-2-1-3-6-11/h4,7-11H,1-3,5-6H2,(H,17,18)(H,19,20). The van der Waals surface area contributed by atoms with Crippen molar-refractivity contribution in [2.24, 2.45) is 0 Å². The summed E-state index contributed by atoms with van der Waals surface area (Å²) in [5.41, 5.74) is 0.330. The number of aromatic carboxylic acids is 1. The molecule has 1 aromatic carbocycles. The van der Waals surface area contributed by atoms with Crippen molar-refractivity contribution in [2.45, 2.75) is 38.1 Å². The fourth-order valence-corrected chi connectivity index (χ4v) is 2.95. The Balaban J connectivity index is 1.98. The zero-order valence-electron chi connectivity index (χ0n) is 11.3. The highest BCUT2D eigenvalue weighted by Gasteiger charge is 2.16.